The van der Waals surface area contributed by atoms with Crippen molar-refractivity contribution >= 4 is 11.6 Å². The van der Waals surface area contributed by atoms with E-state index in [-0.39, 0.29) is 10.7 Å². The number of rotatable bonds is 0. The third-order valence-electron chi connectivity index (χ3n) is 1.25. The average Bonchev–Trinajstić information content (AvgIpc) is 2.01. The van der Waals surface area contributed by atoms with Gasteiger partial charge in [0.05, 0.1) is 0 Å². The van der Waals surface area contributed by atoms with Crippen LogP contribution in [0.15, 0.2) is 12.1 Å². The summed E-state index contributed by atoms with van der Waals surface area (Å²) in [6, 6.07) is 1.96. The molecule has 0 amide bonds. The average molecular weight is 206 g/mol. The predicted octanol–water partition coefficient (Wildman–Crippen LogP) is 2.74. The fourth-order valence-electron chi connectivity index (χ4n) is 0.725. The van der Waals surface area contributed by atoms with Crippen molar-refractivity contribution < 1.29 is 13.2 Å². The third kappa shape index (κ3) is 2.36. The van der Waals surface area contributed by atoms with Crippen LogP contribution < -0.4 is 0 Å². The minimum Gasteiger partial charge on any atom is -0.232 e. The number of aromatic nitrogens is 1. The van der Waals surface area contributed by atoms with Gasteiger partial charge in [0.2, 0.25) is 0 Å². The standard InChI is InChI=1S/C8H3ClF3N/c1-2-5-3-6(8(10,11)12)13-7(9)4-5/h1,3-4H. The molecular formula is C8H3ClF3N. The van der Waals surface area contributed by atoms with Gasteiger partial charge < -0.3 is 0 Å². The zero-order valence-corrected chi connectivity index (χ0v) is 6.95. The smallest absolute Gasteiger partial charge is 0.232 e. The number of hydrogen-bond acceptors (Lipinski definition) is 1. The van der Waals surface area contributed by atoms with E-state index in [1.807, 2.05) is 0 Å². The number of nitrogens with zero attached hydrogens (tertiary/aromatic N) is 1. The first-order valence-electron chi connectivity index (χ1n) is 3.15. The summed E-state index contributed by atoms with van der Waals surface area (Å²) in [5.74, 6) is 2.06. The molecule has 1 aromatic rings. The molecule has 0 aromatic carbocycles. The second kappa shape index (κ2) is 3.27. The Labute approximate surface area is 77.5 Å². The van der Waals surface area contributed by atoms with Crippen molar-refractivity contribution in [3.8, 4) is 12.3 Å². The number of pyridine rings is 1. The van der Waals surface area contributed by atoms with Gasteiger partial charge in [-0.3, -0.25) is 0 Å². The fourth-order valence-corrected chi connectivity index (χ4v) is 0.934. The van der Waals surface area contributed by atoms with Crippen LogP contribution in [0.4, 0.5) is 13.2 Å². The normalized spacial score (nSPS) is 11.0. The van der Waals surface area contributed by atoms with Gasteiger partial charge in [0.1, 0.15) is 10.8 Å². The summed E-state index contributed by atoms with van der Waals surface area (Å²) >= 11 is 5.33. The van der Waals surface area contributed by atoms with Crippen LogP contribution in [0.1, 0.15) is 11.3 Å². The van der Waals surface area contributed by atoms with E-state index < -0.39 is 11.9 Å². The lowest BCUT2D eigenvalue weighted by molar-refractivity contribution is -0.141. The third-order valence-corrected chi connectivity index (χ3v) is 1.44. The molecule has 0 unspecified atom stereocenters. The quantitative estimate of drug-likeness (QED) is 0.469. The molecule has 1 aromatic heterocycles. The predicted molar refractivity (Wildman–Crippen MR) is 42.2 cm³/mol. The van der Waals surface area contributed by atoms with Gasteiger partial charge >= 0.3 is 6.18 Å². The monoisotopic (exact) mass is 205 g/mol. The minimum atomic E-state index is -4.52. The maximum absolute atomic E-state index is 12.1. The summed E-state index contributed by atoms with van der Waals surface area (Å²) in [7, 11) is 0. The van der Waals surface area contributed by atoms with Crippen molar-refractivity contribution in [2.45, 2.75) is 6.18 Å². The first kappa shape index (κ1) is 9.87. The molecule has 0 aliphatic carbocycles. The molecule has 1 heterocycles. The molecule has 0 spiro atoms. The molecule has 0 aliphatic heterocycles. The van der Waals surface area contributed by atoms with E-state index in [0.29, 0.717) is 0 Å². The number of alkyl halides is 3. The summed E-state index contributed by atoms with van der Waals surface area (Å²) in [5.41, 5.74) is -1.01. The highest BCUT2D eigenvalue weighted by atomic mass is 35.5. The summed E-state index contributed by atoms with van der Waals surface area (Å²) < 4.78 is 36.3. The van der Waals surface area contributed by atoms with Crippen molar-refractivity contribution in [2.75, 3.05) is 0 Å². The molecular weight excluding hydrogens is 203 g/mol. The zero-order valence-electron chi connectivity index (χ0n) is 6.19. The van der Waals surface area contributed by atoms with Gasteiger partial charge in [-0.15, -0.1) is 6.42 Å². The lowest BCUT2D eigenvalue weighted by atomic mass is 10.2. The van der Waals surface area contributed by atoms with Gasteiger partial charge in [-0.2, -0.15) is 13.2 Å². The highest BCUT2D eigenvalue weighted by Crippen LogP contribution is 2.29. The highest BCUT2D eigenvalue weighted by molar-refractivity contribution is 6.29. The van der Waals surface area contributed by atoms with E-state index in [1.54, 1.807) is 0 Å². The maximum atomic E-state index is 12.1. The second-order valence-corrected chi connectivity index (χ2v) is 2.59. The van der Waals surface area contributed by atoms with E-state index in [9.17, 15) is 13.2 Å². The van der Waals surface area contributed by atoms with Crippen molar-refractivity contribution in [2.24, 2.45) is 0 Å². The minimum absolute atomic E-state index is 0.0623. The summed E-state index contributed by atoms with van der Waals surface area (Å²) in [5, 5.41) is -0.261. The van der Waals surface area contributed by atoms with Crippen LogP contribution in [0, 0.1) is 12.3 Å². The molecule has 0 fully saturated rings. The Bertz CT molecular complexity index is 365. The van der Waals surface area contributed by atoms with Gasteiger partial charge in [0, 0.05) is 5.56 Å². The van der Waals surface area contributed by atoms with Crippen LogP contribution >= 0.6 is 11.6 Å². The van der Waals surface area contributed by atoms with Gasteiger partial charge in [-0.1, -0.05) is 17.5 Å². The Morgan fingerprint density at radius 1 is 1.38 bits per heavy atom. The van der Waals surface area contributed by atoms with E-state index in [4.69, 9.17) is 18.0 Å². The molecule has 0 saturated carbocycles. The van der Waals surface area contributed by atoms with Gasteiger partial charge in [0.15, 0.2) is 0 Å². The molecule has 0 bridgehead atoms. The fraction of sp³-hybridized carbons (Fsp3) is 0.125. The topological polar surface area (TPSA) is 12.9 Å². The van der Waals surface area contributed by atoms with Crippen LogP contribution in [0.2, 0.25) is 5.15 Å². The lowest BCUT2D eigenvalue weighted by Crippen LogP contribution is -2.08. The van der Waals surface area contributed by atoms with Crippen molar-refractivity contribution in [3.63, 3.8) is 0 Å². The van der Waals surface area contributed by atoms with Crippen molar-refractivity contribution in [3.05, 3.63) is 28.5 Å². The van der Waals surface area contributed by atoms with Crippen LogP contribution in [-0.4, -0.2) is 4.98 Å². The van der Waals surface area contributed by atoms with E-state index in [2.05, 4.69) is 10.9 Å². The van der Waals surface area contributed by atoms with Crippen LogP contribution in [0.5, 0.6) is 0 Å². The largest absolute Gasteiger partial charge is 0.433 e. The molecule has 5 heteroatoms. The Hall–Kier alpha value is -1.21. The van der Waals surface area contributed by atoms with Crippen LogP contribution in [0.25, 0.3) is 0 Å². The summed E-state index contributed by atoms with van der Waals surface area (Å²) in [6.07, 6.45) is 0.410. The molecule has 1 rings (SSSR count). The van der Waals surface area contributed by atoms with Gasteiger partial charge in [-0.05, 0) is 12.1 Å². The Kier molecular flexibility index (Phi) is 2.48. The molecule has 1 nitrogen and oxygen atoms in total. The van der Waals surface area contributed by atoms with Crippen LogP contribution in [0.3, 0.4) is 0 Å². The number of terminal acetylenes is 1. The second-order valence-electron chi connectivity index (χ2n) is 2.21. The summed E-state index contributed by atoms with van der Waals surface area (Å²) in [4.78, 5) is 3.10. The maximum Gasteiger partial charge on any atom is 0.433 e. The van der Waals surface area contributed by atoms with Crippen molar-refractivity contribution in [1.82, 2.24) is 4.98 Å². The van der Waals surface area contributed by atoms with Crippen molar-refractivity contribution in [1.29, 1.82) is 0 Å². The Morgan fingerprint density at radius 2 is 2.00 bits per heavy atom. The molecule has 68 valence electrons. The molecule has 0 atom stereocenters. The summed E-state index contributed by atoms with van der Waals surface area (Å²) in [6.45, 7) is 0. The highest BCUT2D eigenvalue weighted by Gasteiger charge is 2.32. The lowest BCUT2D eigenvalue weighted by Gasteiger charge is -2.05. The molecule has 0 saturated heterocycles. The SMILES string of the molecule is C#Cc1cc(Cl)nc(C(F)(F)F)c1. The molecule has 13 heavy (non-hydrogen) atoms. The molecule has 0 aliphatic rings. The zero-order chi connectivity index (χ0) is 10.1. The van der Waals surface area contributed by atoms with E-state index in [1.165, 1.54) is 6.07 Å². The van der Waals surface area contributed by atoms with Gasteiger partial charge in [-0.25, -0.2) is 4.98 Å². The first-order chi connectivity index (χ1) is 5.93. The van der Waals surface area contributed by atoms with Crippen LogP contribution in [-0.2, 0) is 6.18 Å². The number of halogens is 4. The van der Waals surface area contributed by atoms with E-state index >= 15 is 0 Å². The molecule has 0 radical (unpaired) electrons. The molecule has 0 N–H and O–H groups in total. The first-order valence-corrected chi connectivity index (χ1v) is 3.52. The van der Waals surface area contributed by atoms with E-state index in [0.717, 1.165) is 6.07 Å². The number of hydrogen-bond donors (Lipinski definition) is 0. The van der Waals surface area contributed by atoms with Gasteiger partial charge in [0.25, 0.3) is 0 Å². The Morgan fingerprint density at radius 3 is 2.46 bits per heavy atom. The Balaban J connectivity index is 3.26.